The van der Waals surface area contributed by atoms with Crippen LogP contribution in [0.25, 0.3) is 21.8 Å². The molecule has 0 spiro atoms. The number of aromatic nitrogens is 1. The molecule has 1 aromatic heterocycles. The molecule has 4 aromatic rings. The van der Waals surface area contributed by atoms with Crippen LogP contribution in [0, 0.1) is 6.07 Å². The molecule has 0 aliphatic heterocycles. The third-order valence-electron chi connectivity index (χ3n) is 5.23. The summed E-state index contributed by atoms with van der Waals surface area (Å²) in [5.41, 5.74) is 10.7. The molecule has 3 aromatic carbocycles. The van der Waals surface area contributed by atoms with E-state index in [-0.39, 0.29) is 0 Å². The lowest BCUT2D eigenvalue weighted by Crippen LogP contribution is -2.11. The Balaban J connectivity index is 1.90. The molecule has 0 unspecified atom stereocenters. The molecule has 0 atom stereocenters. The SMILES string of the molecule is CCCc1c[c]c2c3c(C(N)=O)cccc3n(Cc3ccc(OCC)cc3)c2c1. The van der Waals surface area contributed by atoms with Crippen LogP contribution < -0.4 is 10.5 Å². The van der Waals surface area contributed by atoms with Gasteiger partial charge in [-0.2, -0.15) is 0 Å². The molecule has 0 saturated carbocycles. The van der Waals surface area contributed by atoms with Crippen molar-refractivity contribution in [1.29, 1.82) is 0 Å². The number of fused-ring (bicyclic) bond motifs is 3. The Morgan fingerprint density at radius 2 is 1.86 bits per heavy atom. The van der Waals surface area contributed by atoms with E-state index >= 15 is 0 Å². The Bertz CT molecular complexity index is 1170. The normalized spacial score (nSPS) is 11.2. The highest BCUT2D eigenvalue weighted by Crippen LogP contribution is 2.33. The molecule has 1 amide bonds. The van der Waals surface area contributed by atoms with Gasteiger partial charge in [-0.1, -0.05) is 37.6 Å². The fraction of sp³-hybridized carbons (Fsp3) is 0.240. The number of rotatable bonds is 7. The highest BCUT2D eigenvalue weighted by molar-refractivity contribution is 6.17. The molecule has 0 aliphatic rings. The van der Waals surface area contributed by atoms with E-state index in [1.165, 1.54) is 5.56 Å². The first-order valence-electron chi connectivity index (χ1n) is 10.1. The van der Waals surface area contributed by atoms with Gasteiger partial charge in [-0.15, -0.1) is 0 Å². The fourth-order valence-corrected chi connectivity index (χ4v) is 3.95. The summed E-state index contributed by atoms with van der Waals surface area (Å²) < 4.78 is 7.81. The minimum absolute atomic E-state index is 0.415. The highest BCUT2D eigenvalue weighted by Gasteiger charge is 2.17. The van der Waals surface area contributed by atoms with Crippen LogP contribution in [0.5, 0.6) is 5.75 Å². The Morgan fingerprint density at radius 1 is 1.07 bits per heavy atom. The predicted molar refractivity (Wildman–Crippen MR) is 118 cm³/mol. The standard InChI is InChI=1S/C25H25N2O2/c1-3-6-17-11-14-20-23(15-17)27(16-18-9-12-19(13-10-18)29-4-2)22-8-5-7-21(24(20)22)25(26)28/h5,7-13,15H,3-4,6,16H2,1-2H3,(H2,26,28). The van der Waals surface area contributed by atoms with E-state index < -0.39 is 5.91 Å². The summed E-state index contributed by atoms with van der Waals surface area (Å²) in [5, 5.41) is 1.82. The summed E-state index contributed by atoms with van der Waals surface area (Å²) in [4.78, 5) is 12.1. The molecular formula is C25H25N2O2. The number of aryl methyl sites for hydroxylation is 1. The molecule has 0 aliphatic carbocycles. The quantitative estimate of drug-likeness (QED) is 0.481. The summed E-state index contributed by atoms with van der Waals surface area (Å²) in [7, 11) is 0. The number of amides is 1. The average Bonchev–Trinajstić information content (AvgIpc) is 3.03. The number of primary amides is 1. The van der Waals surface area contributed by atoms with Crippen molar-refractivity contribution in [3.05, 3.63) is 77.4 Å². The molecule has 29 heavy (non-hydrogen) atoms. The van der Waals surface area contributed by atoms with Crippen LogP contribution in [0.1, 0.15) is 41.8 Å². The Kier molecular flexibility index (Phi) is 5.26. The largest absolute Gasteiger partial charge is 0.494 e. The minimum atomic E-state index is -0.415. The van der Waals surface area contributed by atoms with Gasteiger partial charge in [0.1, 0.15) is 5.75 Å². The summed E-state index contributed by atoms with van der Waals surface area (Å²) in [6.07, 6.45) is 2.07. The summed E-state index contributed by atoms with van der Waals surface area (Å²) >= 11 is 0. The summed E-state index contributed by atoms with van der Waals surface area (Å²) in [6, 6.07) is 21.6. The van der Waals surface area contributed by atoms with Crippen LogP contribution in [0.3, 0.4) is 0 Å². The number of carbonyl (C=O) groups excluding carboxylic acids is 1. The lowest BCUT2D eigenvalue weighted by molar-refractivity contribution is 0.100. The van der Waals surface area contributed by atoms with Gasteiger partial charge in [-0.25, -0.2) is 0 Å². The third-order valence-corrected chi connectivity index (χ3v) is 5.23. The Labute approximate surface area is 170 Å². The van der Waals surface area contributed by atoms with E-state index in [1.54, 1.807) is 6.07 Å². The van der Waals surface area contributed by atoms with Crippen molar-refractivity contribution >= 4 is 27.7 Å². The Morgan fingerprint density at radius 3 is 2.55 bits per heavy atom. The van der Waals surface area contributed by atoms with E-state index in [0.29, 0.717) is 18.7 Å². The second kappa shape index (κ2) is 8.00. The zero-order valence-corrected chi connectivity index (χ0v) is 16.9. The summed E-state index contributed by atoms with van der Waals surface area (Å²) in [5.74, 6) is 0.454. The van der Waals surface area contributed by atoms with E-state index in [0.717, 1.165) is 46.0 Å². The molecule has 0 saturated heterocycles. The van der Waals surface area contributed by atoms with Crippen LogP contribution in [-0.2, 0) is 13.0 Å². The van der Waals surface area contributed by atoms with Gasteiger partial charge >= 0.3 is 0 Å². The molecule has 0 bridgehead atoms. The van der Waals surface area contributed by atoms with Crippen LogP contribution in [0.4, 0.5) is 0 Å². The van der Waals surface area contributed by atoms with Gasteiger partial charge in [0, 0.05) is 22.9 Å². The molecular weight excluding hydrogens is 360 g/mol. The van der Waals surface area contributed by atoms with E-state index in [9.17, 15) is 4.79 Å². The molecule has 4 heteroatoms. The Hall–Kier alpha value is -3.27. The van der Waals surface area contributed by atoms with E-state index in [2.05, 4.69) is 35.8 Å². The van der Waals surface area contributed by atoms with Gasteiger partial charge in [0.05, 0.1) is 17.6 Å². The van der Waals surface area contributed by atoms with Gasteiger partial charge in [0.15, 0.2) is 0 Å². The van der Waals surface area contributed by atoms with Crippen molar-refractivity contribution in [3.63, 3.8) is 0 Å². The van der Waals surface area contributed by atoms with Crippen LogP contribution in [-0.4, -0.2) is 17.1 Å². The van der Waals surface area contributed by atoms with E-state index in [4.69, 9.17) is 10.5 Å². The number of hydrogen-bond acceptors (Lipinski definition) is 2. The smallest absolute Gasteiger partial charge is 0.249 e. The second-order valence-corrected chi connectivity index (χ2v) is 7.25. The van der Waals surface area contributed by atoms with Gasteiger partial charge in [-0.05, 0) is 60.9 Å². The van der Waals surface area contributed by atoms with Crippen LogP contribution in [0.15, 0.2) is 54.6 Å². The number of carbonyl (C=O) groups is 1. The highest BCUT2D eigenvalue weighted by atomic mass is 16.5. The van der Waals surface area contributed by atoms with Gasteiger partial charge in [0.25, 0.3) is 0 Å². The average molecular weight is 385 g/mol. The molecule has 2 N–H and O–H groups in total. The predicted octanol–water partition coefficient (Wildman–Crippen LogP) is 5.09. The molecule has 4 nitrogen and oxygen atoms in total. The second-order valence-electron chi connectivity index (χ2n) is 7.25. The molecule has 147 valence electrons. The lowest BCUT2D eigenvalue weighted by atomic mass is 10.0. The molecule has 1 radical (unpaired) electrons. The number of ether oxygens (including phenoxy) is 1. The van der Waals surface area contributed by atoms with Crippen molar-refractivity contribution in [3.8, 4) is 5.75 Å². The van der Waals surface area contributed by atoms with Crippen molar-refractivity contribution in [1.82, 2.24) is 4.57 Å². The summed E-state index contributed by atoms with van der Waals surface area (Å²) in [6.45, 7) is 5.49. The number of nitrogens with zero attached hydrogens (tertiary/aromatic N) is 1. The number of benzene rings is 3. The molecule has 0 fully saturated rings. The maximum Gasteiger partial charge on any atom is 0.249 e. The maximum absolute atomic E-state index is 12.1. The number of hydrogen-bond donors (Lipinski definition) is 1. The first-order chi connectivity index (χ1) is 14.1. The first kappa shape index (κ1) is 19.1. The van der Waals surface area contributed by atoms with Crippen molar-refractivity contribution in [2.24, 2.45) is 5.73 Å². The van der Waals surface area contributed by atoms with E-state index in [1.807, 2.05) is 37.3 Å². The van der Waals surface area contributed by atoms with Crippen LogP contribution >= 0.6 is 0 Å². The van der Waals surface area contributed by atoms with Crippen molar-refractivity contribution in [2.45, 2.75) is 33.2 Å². The monoisotopic (exact) mass is 385 g/mol. The topological polar surface area (TPSA) is 57.2 Å². The van der Waals surface area contributed by atoms with Crippen molar-refractivity contribution < 1.29 is 9.53 Å². The van der Waals surface area contributed by atoms with Gasteiger partial charge in [0.2, 0.25) is 5.91 Å². The van der Waals surface area contributed by atoms with Crippen LogP contribution in [0.2, 0.25) is 0 Å². The first-order valence-corrected chi connectivity index (χ1v) is 10.1. The zero-order chi connectivity index (χ0) is 20.4. The number of nitrogens with two attached hydrogens (primary N) is 1. The van der Waals surface area contributed by atoms with Crippen molar-refractivity contribution in [2.75, 3.05) is 6.61 Å². The molecule has 4 rings (SSSR count). The zero-order valence-electron chi connectivity index (χ0n) is 16.9. The molecule has 1 heterocycles. The maximum atomic E-state index is 12.1. The third kappa shape index (κ3) is 3.58. The lowest BCUT2D eigenvalue weighted by Gasteiger charge is -2.10. The van der Waals surface area contributed by atoms with Gasteiger partial charge < -0.3 is 15.0 Å². The fourth-order valence-electron chi connectivity index (χ4n) is 3.95. The van der Waals surface area contributed by atoms with Gasteiger partial charge in [-0.3, -0.25) is 4.79 Å². The minimum Gasteiger partial charge on any atom is -0.494 e.